The summed E-state index contributed by atoms with van der Waals surface area (Å²) in [7, 11) is 3.71. The zero-order chi connectivity index (χ0) is 27.9. The van der Waals surface area contributed by atoms with Crippen LogP contribution in [-0.4, -0.2) is 34.9 Å². The molecule has 202 valence electrons. The Balaban J connectivity index is 1.38. The van der Waals surface area contributed by atoms with Gasteiger partial charge in [0.2, 0.25) is 0 Å². The summed E-state index contributed by atoms with van der Waals surface area (Å²) in [6.07, 6.45) is 1.73. The lowest BCUT2D eigenvalue weighted by molar-refractivity contribution is 0.262. The van der Waals surface area contributed by atoms with E-state index in [9.17, 15) is 4.79 Å². The van der Waals surface area contributed by atoms with E-state index in [0.29, 0.717) is 11.4 Å². The van der Waals surface area contributed by atoms with Crippen molar-refractivity contribution in [3.8, 4) is 5.69 Å². The van der Waals surface area contributed by atoms with Crippen molar-refractivity contribution in [2.45, 2.75) is 39.2 Å². The third-order valence-electron chi connectivity index (χ3n) is 6.75. The maximum atomic E-state index is 15.3. The Labute approximate surface area is 227 Å². The first-order valence-electron chi connectivity index (χ1n) is 12.8. The van der Waals surface area contributed by atoms with Crippen LogP contribution < -0.4 is 26.4 Å². The molecule has 0 spiro atoms. The molecule has 2 aromatic heterocycles. The van der Waals surface area contributed by atoms with Gasteiger partial charge in [-0.3, -0.25) is 5.32 Å². The number of hydrazine groups is 1. The molecule has 0 saturated heterocycles. The Morgan fingerprint density at radius 1 is 1.05 bits per heavy atom. The Kier molecular flexibility index (Phi) is 6.73. The van der Waals surface area contributed by atoms with Gasteiger partial charge in [-0.05, 0) is 42.8 Å². The molecule has 3 heterocycles. The fraction of sp³-hybridized carbons (Fsp3) is 0.276. The first-order valence-corrected chi connectivity index (χ1v) is 12.8. The van der Waals surface area contributed by atoms with Gasteiger partial charge in [0, 0.05) is 37.3 Å². The van der Waals surface area contributed by atoms with E-state index in [2.05, 4.69) is 47.1 Å². The van der Waals surface area contributed by atoms with Crippen molar-refractivity contribution >= 4 is 29.0 Å². The average Bonchev–Trinajstić information content (AvgIpc) is 3.47. The monoisotopic (exact) mass is 528 g/mol. The highest BCUT2D eigenvalue weighted by molar-refractivity contribution is 5.99. The van der Waals surface area contributed by atoms with E-state index in [-0.39, 0.29) is 17.1 Å². The number of amides is 2. The summed E-state index contributed by atoms with van der Waals surface area (Å²) in [5.74, 6) is 0.661. The van der Waals surface area contributed by atoms with Crippen LogP contribution in [0.5, 0.6) is 0 Å². The van der Waals surface area contributed by atoms with Gasteiger partial charge in [-0.1, -0.05) is 44.5 Å². The molecule has 5 rings (SSSR count). The van der Waals surface area contributed by atoms with E-state index in [1.54, 1.807) is 30.1 Å². The number of carbonyl (C=O) groups is 1. The van der Waals surface area contributed by atoms with Crippen LogP contribution in [0.1, 0.15) is 49.2 Å². The number of aryl methyl sites for hydroxylation is 1. The zero-order valence-electron chi connectivity index (χ0n) is 22.9. The van der Waals surface area contributed by atoms with Crippen LogP contribution in [0.2, 0.25) is 0 Å². The second-order valence-electron chi connectivity index (χ2n) is 10.7. The van der Waals surface area contributed by atoms with Gasteiger partial charge in [-0.15, -0.1) is 0 Å². The van der Waals surface area contributed by atoms with E-state index in [4.69, 9.17) is 5.10 Å². The summed E-state index contributed by atoms with van der Waals surface area (Å²) in [6, 6.07) is 15.5. The summed E-state index contributed by atoms with van der Waals surface area (Å²) >= 11 is 0. The van der Waals surface area contributed by atoms with E-state index in [1.807, 2.05) is 55.4 Å². The van der Waals surface area contributed by atoms with Crippen molar-refractivity contribution < 1.29 is 9.18 Å². The number of nitrogens with zero attached hydrogens (tertiary/aromatic N) is 4. The quantitative estimate of drug-likeness (QED) is 0.264. The summed E-state index contributed by atoms with van der Waals surface area (Å²) < 4.78 is 17.0. The van der Waals surface area contributed by atoms with Gasteiger partial charge < -0.3 is 15.6 Å². The van der Waals surface area contributed by atoms with E-state index in [1.165, 1.54) is 6.07 Å². The maximum Gasteiger partial charge on any atom is 0.324 e. The second-order valence-corrected chi connectivity index (χ2v) is 10.7. The molecule has 1 unspecified atom stereocenters. The van der Waals surface area contributed by atoms with Gasteiger partial charge in [0.1, 0.15) is 17.5 Å². The zero-order valence-corrected chi connectivity index (χ0v) is 22.9. The smallest absolute Gasteiger partial charge is 0.324 e. The van der Waals surface area contributed by atoms with Crippen LogP contribution in [-0.2, 0) is 5.41 Å². The second kappa shape index (κ2) is 10.0. The van der Waals surface area contributed by atoms with Crippen molar-refractivity contribution in [1.29, 1.82) is 0 Å². The van der Waals surface area contributed by atoms with Crippen molar-refractivity contribution in [2.24, 2.45) is 0 Å². The number of anilines is 4. The van der Waals surface area contributed by atoms with Crippen LogP contribution >= 0.6 is 0 Å². The normalized spacial score (nSPS) is 14.7. The molecule has 2 amide bonds. The summed E-state index contributed by atoms with van der Waals surface area (Å²) in [5, 5.41) is 15.2. The molecule has 0 radical (unpaired) electrons. The van der Waals surface area contributed by atoms with Crippen LogP contribution in [0.15, 0.2) is 60.8 Å². The van der Waals surface area contributed by atoms with Crippen LogP contribution in [0, 0.1) is 12.7 Å². The van der Waals surface area contributed by atoms with E-state index >= 15 is 4.39 Å². The minimum atomic E-state index is -0.568. The molecule has 0 bridgehead atoms. The van der Waals surface area contributed by atoms with Crippen molar-refractivity contribution in [2.75, 3.05) is 35.1 Å². The number of urea groups is 1. The van der Waals surface area contributed by atoms with Crippen LogP contribution in [0.25, 0.3) is 5.69 Å². The first-order chi connectivity index (χ1) is 18.5. The number of rotatable bonds is 5. The number of carbonyl (C=O) groups excluding carboxylic acids is 1. The molecule has 1 aliphatic rings. The van der Waals surface area contributed by atoms with Gasteiger partial charge in [-0.2, -0.15) is 5.10 Å². The molecule has 10 heteroatoms. The molecule has 0 saturated carbocycles. The van der Waals surface area contributed by atoms with Crippen molar-refractivity contribution in [3.05, 3.63) is 89.0 Å². The molecule has 4 aromatic rings. The van der Waals surface area contributed by atoms with Gasteiger partial charge in [0.25, 0.3) is 0 Å². The number of pyridine rings is 1. The fourth-order valence-electron chi connectivity index (χ4n) is 4.61. The SMILES string of the molecule is CNc1nccc2c1C(c1ccc(NC(=O)Nc3cc(C(C)(C)C)nn3-c3ccc(C)cc3)c(F)c1)NN2C. The third kappa shape index (κ3) is 5.15. The molecule has 1 atom stereocenters. The number of hydrogen-bond acceptors (Lipinski definition) is 6. The molecule has 39 heavy (non-hydrogen) atoms. The van der Waals surface area contributed by atoms with Crippen LogP contribution in [0.4, 0.5) is 32.2 Å². The highest BCUT2D eigenvalue weighted by Gasteiger charge is 2.31. The molecule has 4 N–H and O–H groups in total. The minimum Gasteiger partial charge on any atom is -0.373 e. The molecule has 2 aromatic carbocycles. The minimum absolute atomic E-state index is 0.0697. The number of hydrogen-bond donors (Lipinski definition) is 4. The Hall–Kier alpha value is -4.44. The Bertz CT molecular complexity index is 1520. The van der Waals surface area contributed by atoms with E-state index in [0.717, 1.165) is 34.0 Å². The van der Waals surface area contributed by atoms with Crippen molar-refractivity contribution in [3.63, 3.8) is 0 Å². The third-order valence-corrected chi connectivity index (χ3v) is 6.75. The lowest BCUT2D eigenvalue weighted by atomic mass is 9.92. The summed E-state index contributed by atoms with van der Waals surface area (Å²) in [4.78, 5) is 17.4. The predicted octanol–water partition coefficient (Wildman–Crippen LogP) is 5.74. The standard InChI is InChI=1S/C29H33FN8O/c1-17-7-10-19(11-8-17)38-24(16-23(35-38)29(2,3)4)34-28(39)33-21-12-9-18(15-20(21)30)26-25-22(37(6)36-26)13-14-32-27(25)31-5/h7-16,26,36H,1-6H3,(H,31,32)(H2,33,34,39). The van der Waals surface area contributed by atoms with Crippen LogP contribution in [0.3, 0.4) is 0 Å². The molecule has 0 fully saturated rings. The number of fused-ring (bicyclic) bond motifs is 1. The van der Waals surface area contributed by atoms with Gasteiger partial charge in [-0.25, -0.2) is 24.3 Å². The maximum absolute atomic E-state index is 15.3. The topological polar surface area (TPSA) is 99.1 Å². The molecule has 0 aliphatic carbocycles. The van der Waals surface area contributed by atoms with Crippen molar-refractivity contribution in [1.82, 2.24) is 20.2 Å². The highest BCUT2D eigenvalue weighted by atomic mass is 19.1. The Morgan fingerprint density at radius 2 is 1.79 bits per heavy atom. The Morgan fingerprint density at radius 3 is 2.46 bits per heavy atom. The van der Waals surface area contributed by atoms with Gasteiger partial charge in [0.15, 0.2) is 0 Å². The molecular formula is C29H33FN8O. The lowest BCUT2D eigenvalue weighted by Crippen LogP contribution is -2.30. The summed E-state index contributed by atoms with van der Waals surface area (Å²) in [5.41, 5.74) is 8.54. The first kappa shape index (κ1) is 26.2. The number of nitrogens with one attached hydrogen (secondary N) is 4. The van der Waals surface area contributed by atoms with Gasteiger partial charge in [0.05, 0.1) is 28.8 Å². The fourth-order valence-corrected chi connectivity index (χ4v) is 4.61. The summed E-state index contributed by atoms with van der Waals surface area (Å²) in [6.45, 7) is 8.18. The largest absolute Gasteiger partial charge is 0.373 e. The molecule has 1 aliphatic heterocycles. The average molecular weight is 529 g/mol. The molecular weight excluding hydrogens is 495 g/mol. The highest BCUT2D eigenvalue weighted by Crippen LogP contribution is 2.40. The predicted molar refractivity (Wildman–Crippen MR) is 153 cm³/mol. The van der Waals surface area contributed by atoms with Gasteiger partial charge >= 0.3 is 6.03 Å². The number of benzene rings is 2. The lowest BCUT2D eigenvalue weighted by Gasteiger charge is -2.17. The number of halogens is 1. The van der Waals surface area contributed by atoms with E-state index < -0.39 is 11.8 Å². The molecule has 9 nitrogen and oxygen atoms in total. The number of aromatic nitrogens is 3.